The maximum atomic E-state index is 10.6. The summed E-state index contributed by atoms with van der Waals surface area (Å²) >= 11 is 6.09. The summed E-state index contributed by atoms with van der Waals surface area (Å²) < 4.78 is 11.0. The fraction of sp³-hybridized carbons (Fsp3) is 0.400. The zero-order chi connectivity index (χ0) is 15.2. The van der Waals surface area contributed by atoms with E-state index in [1.54, 1.807) is 25.3 Å². The zero-order valence-electron chi connectivity index (χ0n) is 11.9. The molecular formula is C15H19ClO4. The van der Waals surface area contributed by atoms with Gasteiger partial charge < -0.3 is 14.6 Å². The summed E-state index contributed by atoms with van der Waals surface area (Å²) in [5, 5.41) is 9.12. The summed E-state index contributed by atoms with van der Waals surface area (Å²) in [6.45, 7) is 4.36. The normalized spacial score (nSPS) is 11.8. The molecule has 0 aromatic heterocycles. The molecule has 0 saturated heterocycles. The number of rotatable bonds is 7. The highest BCUT2D eigenvalue weighted by Gasteiger charge is 2.17. The Labute approximate surface area is 124 Å². The van der Waals surface area contributed by atoms with Crippen molar-refractivity contribution in [1.82, 2.24) is 0 Å². The summed E-state index contributed by atoms with van der Waals surface area (Å²) in [6, 6.07) is 5.20. The van der Waals surface area contributed by atoms with E-state index in [9.17, 15) is 4.79 Å². The van der Waals surface area contributed by atoms with Crippen LogP contribution in [0.4, 0.5) is 0 Å². The third-order valence-electron chi connectivity index (χ3n) is 2.91. The van der Waals surface area contributed by atoms with E-state index in [0.29, 0.717) is 29.4 Å². The summed E-state index contributed by atoms with van der Waals surface area (Å²) in [5.74, 6) is -0.532. The average molecular weight is 299 g/mol. The van der Waals surface area contributed by atoms with Gasteiger partial charge in [0.1, 0.15) is 5.75 Å². The van der Waals surface area contributed by atoms with Crippen molar-refractivity contribution in [2.45, 2.75) is 25.9 Å². The minimum Gasteiger partial charge on any atom is -0.491 e. The van der Waals surface area contributed by atoms with Crippen LogP contribution in [-0.4, -0.2) is 30.4 Å². The van der Waals surface area contributed by atoms with Crippen LogP contribution in [0.15, 0.2) is 24.3 Å². The third-order valence-corrected chi connectivity index (χ3v) is 3.20. The van der Waals surface area contributed by atoms with E-state index in [2.05, 4.69) is 0 Å². The number of carbonyl (C=O) groups is 1. The molecule has 1 N–H and O–H groups in total. The van der Waals surface area contributed by atoms with Gasteiger partial charge in [0.15, 0.2) is 0 Å². The number of para-hydroxylation sites is 1. The molecule has 110 valence electrons. The Kier molecular flexibility index (Phi) is 6.05. The molecule has 0 fully saturated rings. The van der Waals surface area contributed by atoms with Crippen molar-refractivity contribution in [2.24, 2.45) is 0 Å². The van der Waals surface area contributed by atoms with E-state index in [1.807, 2.05) is 13.8 Å². The predicted molar refractivity (Wildman–Crippen MR) is 79.3 cm³/mol. The van der Waals surface area contributed by atoms with Crippen LogP contribution in [0.3, 0.4) is 0 Å². The molecule has 0 unspecified atom stereocenters. The molecule has 0 amide bonds. The molecule has 0 aliphatic rings. The second kappa shape index (κ2) is 7.31. The maximum Gasteiger partial charge on any atom is 0.328 e. The van der Waals surface area contributed by atoms with Crippen molar-refractivity contribution < 1.29 is 19.4 Å². The van der Waals surface area contributed by atoms with Crippen molar-refractivity contribution in [1.29, 1.82) is 0 Å². The van der Waals surface area contributed by atoms with Crippen molar-refractivity contribution in [3.63, 3.8) is 0 Å². The Morgan fingerprint density at radius 3 is 2.75 bits per heavy atom. The number of halogens is 1. The first-order chi connectivity index (χ1) is 9.35. The van der Waals surface area contributed by atoms with Gasteiger partial charge in [-0.2, -0.15) is 0 Å². The monoisotopic (exact) mass is 298 g/mol. The number of hydrogen-bond donors (Lipinski definition) is 1. The molecule has 1 aromatic rings. The molecule has 1 aromatic carbocycles. The molecular weight excluding hydrogens is 280 g/mol. The van der Waals surface area contributed by atoms with Gasteiger partial charge >= 0.3 is 5.97 Å². The van der Waals surface area contributed by atoms with Crippen LogP contribution in [0.5, 0.6) is 5.75 Å². The van der Waals surface area contributed by atoms with Crippen LogP contribution in [0.2, 0.25) is 5.02 Å². The maximum absolute atomic E-state index is 10.6. The molecule has 1 rings (SSSR count). The molecule has 0 radical (unpaired) electrons. The van der Waals surface area contributed by atoms with Crippen molar-refractivity contribution in [2.75, 3.05) is 13.7 Å². The lowest BCUT2D eigenvalue weighted by molar-refractivity contribution is -0.131. The lowest BCUT2D eigenvalue weighted by atomic mass is 10.1. The van der Waals surface area contributed by atoms with Gasteiger partial charge in [-0.15, -0.1) is 0 Å². The topological polar surface area (TPSA) is 55.8 Å². The molecule has 0 heterocycles. The minimum atomic E-state index is -1.02. The number of aliphatic carboxylic acids is 1. The largest absolute Gasteiger partial charge is 0.491 e. The first-order valence-corrected chi connectivity index (χ1v) is 6.61. The standard InChI is InChI=1S/C15H19ClO4/c1-15(2,19-3)9-10-20-14-11(7-8-13(17)18)5-4-6-12(14)16/h4-8H,9-10H2,1-3H3,(H,17,18)/b8-7+. The van der Waals surface area contributed by atoms with Gasteiger partial charge in [0.05, 0.1) is 17.2 Å². The molecule has 0 aliphatic carbocycles. The molecule has 0 aliphatic heterocycles. The molecule has 5 heteroatoms. The van der Waals surface area contributed by atoms with Crippen LogP contribution in [-0.2, 0) is 9.53 Å². The average Bonchev–Trinajstić information content (AvgIpc) is 2.38. The van der Waals surface area contributed by atoms with E-state index in [4.69, 9.17) is 26.2 Å². The molecule has 0 spiro atoms. The third kappa shape index (κ3) is 5.23. The van der Waals surface area contributed by atoms with Crippen LogP contribution in [0, 0.1) is 0 Å². The van der Waals surface area contributed by atoms with Crippen molar-refractivity contribution >= 4 is 23.6 Å². The lowest BCUT2D eigenvalue weighted by Gasteiger charge is -2.23. The second-order valence-electron chi connectivity index (χ2n) is 4.89. The van der Waals surface area contributed by atoms with E-state index in [1.165, 1.54) is 6.08 Å². The molecule has 20 heavy (non-hydrogen) atoms. The highest BCUT2D eigenvalue weighted by atomic mass is 35.5. The number of ether oxygens (including phenoxy) is 2. The van der Waals surface area contributed by atoms with Gasteiger partial charge in [0.25, 0.3) is 0 Å². The smallest absolute Gasteiger partial charge is 0.328 e. The summed E-state index contributed by atoms with van der Waals surface area (Å²) in [7, 11) is 1.65. The van der Waals surface area contributed by atoms with Gasteiger partial charge in [-0.3, -0.25) is 0 Å². The SMILES string of the molecule is COC(C)(C)CCOc1c(Cl)cccc1/C=C/C(=O)O. The minimum absolute atomic E-state index is 0.279. The van der Waals surface area contributed by atoms with Crippen molar-refractivity contribution in [3.8, 4) is 5.75 Å². The highest BCUT2D eigenvalue weighted by molar-refractivity contribution is 6.32. The summed E-state index contributed by atoms with van der Waals surface area (Å²) in [6.07, 6.45) is 3.21. The van der Waals surface area contributed by atoms with Gasteiger partial charge in [0, 0.05) is 25.2 Å². The number of carboxylic acids is 1. The highest BCUT2D eigenvalue weighted by Crippen LogP contribution is 2.30. The molecule has 0 saturated carbocycles. The van der Waals surface area contributed by atoms with Gasteiger partial charge in [-0.25, -0.2) is 4.79 Å². The summed E-state index contributed by atoms with van der Waals surface area (Å²) in [4.78, 5) is 10.6. The predicted octanol–water partition coefficient (Wildman–Crippen LogP) is 3.63. The van der Waals surface area contributed by atoms with Crippen molar-refractivity contribution in [3.05, 3.63) is 34.9 Å². The Balaban J connectivity index is 2.80. The Bertz CT molecular complexity index is 495. The fourth-order valence-corrected chi connectivity index (χ4v) is 1.71. The van der Waals surface area contributed by atoms with E-state index in [-0.39, 0.29) is 5.60 Å². The first kappa shape index (κ1) is 16.5. The lowest BCUT2D eigenvalue weighted by Crippen LogP contribution is -2.25. The van der Waals surface area contributed by atoms with Crippen LogP contribution < -0.4 is 4.74 Å². The van der Waals surface area contributed by atoms with E-state index < -0.39 is 5.97 Å². The zero-order valence-corrected chi connectivity index (χ0v) is 12.6. The Morgan fingerprint density at radius 1 is 1.45 bits per heavy atom. The number of methoxy groups -OCH3 is 1. The fourth-order valence-electron chi connectivity index (χ4n) is 1.47. The second-order valence-corrected chi connectivity index (χ2v) is 5.30. The number of hydrogen-bond acceptors (Lipinski definition) is 3. The van der Waals surface area contributed by atoms with Gasteiger partial charge in [-0.05, 0) is 26.0 Å². The quantitative estimate of drug-likeness (QED) is 0.781. The molecule has 4 nitrogen and oxygen atoms in total. The Morgan fingerprint density at radius 2 is 2.15 bits per heavy atom. The van der Waals surface area contributed by atoms with Crippen LogP contribution >= 0.6 is 11.6 Å². The first-order valence-electron chi connectivity index (χ1n) is 6.23. The van der Waals surface area contributed by atoms with E-state index >= 15 is 0 Å². The summed E-state index contributed by atoms with van der Waals surface area (Å²) in [5.41, 5.74) is 0.355. The van der Waals surface area contributed by atoms with Gasteiger partial charge in [-0.1, -0.05) is 23.7 Å². The number of carboxylic acid groups (broad SMARTS) is 1. The number of benzene rings is 1. The Hall–Kier alpha value is -1.52. The molecule has 0 bridgehead atoms. The van der Waals surface area contributed by atoms with E-state index in [0.717, 1.165) is 6.08 Å². The van der Waals surface area contributed by atoms with Gasteiger partial charge in [0.2, 0.25) is 0 Å². The van der Waals surface area contributed by atoms with Crippen LogP contribution in [0.1, 0.15) is 25.8 Å². The molecule has 0 atom stereocenters. The van der Waals surface area contributed by atoms with Crippen LogP contribution in [0.25, 0.3) is 6.08 Å².